The SMILES string of the molecule is CC(C)c1nc(C(=O)OCc2ccco2)cs1. The summed E-state index contributed by atoms with van der Waals surface area (Å²) in [5, 5.41) is 2.66. The third kappa shape index (κ3) is 2.94. The van der Waals surface area contributed by atoms with E-state index in [1.165, 1.54) is 11.3 Å². The molecule has 0 N–H and O–H groups in total. The Labute approximate surface area is 103 Å². The van der Waals surface area contributed by atoms with Gasteiger partial charge in [-0.2, -0.15) is 0 Å². The maximum absolute atomic E-state index is 11.7. The number of ether oxygens (including phenoxy) is 1. The second kappa shape index (κ2) is 5.14. The number of carbonyl (C=O) groups is 1. The van der Waals surface area contributed by atoms with Crippen molar-refractivity contribution in [1.29, 1.82) is 0 Å². The third-order valence-corrected chi connectivity index (χ3v) is 3.30. The Bertz CT molecular complexity index is 488. The molecular weight excluding hydrogens is 238 g/mol. The van der Waals surface area contributed by atoms with Gasteiger partial charge in [0.25, 0.3) is 0 Å². The van der Waals surface area contributed by atoms with E-state index >= 15 is 0 Å². The molecule has 0 bridgehead atoms. The molecule has 90 valence electrons. The van der Waals surface area contributed by atoms with Gasteiger partial charge in [0.05, 0.1) is 11.3 Å². The van der Waals surface area contributed by atoms with Crippen LogP contribution in [0.1, 0.15) is 41.0 Å². The lowest BCUT2D eigenvalue weighted by molar-refractivity contribution is 0.0439. The van der Waals surface area contributed by atoms with Crippen LogP contribution in [0.25, 0.3) is 0 Å². The molecular formula is C12H13NO3S. The molecule has 17 heavy (non-hydrogen) atoms. The fourth-order valence-corrected chi connectivity index (χ4v) is 2.06. The van der Waals surface area contributed by atoms with E-state index in [9.17, 15) is 4.79 Å². The van der Waals surface area contributed by atoms with Crippen molar-refractivity contribution >= 4 is 17.3 Å². The van der Waals surface area contributed by atoms with E-state index in [1.807, 2.05) is 13.8 Å². The number of thiazole rings is 1. The molecule has 5 heteroatoms. The van der Waals surface area contributed by atoms with Gasteiger partial charge in [0.15, 0.2) is 5.69 Å². The minimum atomic E-state index is -0.412. The van der Waals surface area contributed by atoms with Gasteiger partial charge in [0.2, 0.25) is 0 Å². The fraction of sp³-hybridized carbons (Fsp3) is 0.333. The van der Waals surface area contributed by atoms with Gasteiger partial charge in [-0.05, 0) is 12.1 Å². The van der Waals surface area contributed by atoms with Gasteiger partial charge in [0.1, 0.15) is 12.4 Å². The Morgan fingerprint density at radius 2 is 2.41 bits per heavy atom. The molecule has 0 atom stereocenters. The van der Waals surface area contributed by atoms with E-state index in [0.29, 0.717) is 17.4 Å². The van der Waals surface area contributed by atoms with Crippen molar-refractivity contribution in [2.75, 3.05) is 0 Å². The number of rotatable bonds is 4. The van der Waals surface area contributed by atoms with E-state index in [1.54, 1.807) is 23.8 Å². The smallest absolute Gasteiger partial charge is 0.358 e. The Balaban J connectivity index is 1.95. The molecule has 0 saturated carbocycles. The van der Waals surface area contributed by atoms with Crippen LogP contribution < -0.4 is 0 Å². The molecule has 0 spiro atoms. The summed E-state index contributed by atoms with van der Waals surface area (Å²) in [5.41, 5.74) is 0.366. The first-order chi connectivity index (χ1) is 8.16. The van der Waals surface area contributed by atoms with Crippen molar-refractivity contribution in [3.63, 3.8) is 0 Å². The van der Waals surface area contributed by atoms with Crippen molar-refractivity contribution in [3.05, 3.63) is 40.2 Å². The highest BCUT2D eigenvalue weighted by molar-refractivity contribution is 7.09. The molecule has 0 saturated heterocycles. The highest BCUT2D eigenvalue weighted by Crippen LogP contribution is 2.19. The minimum absolute atomic E-state index is 0.139. The highest BCUT2D eigenvalue weighted by Gasteiger charge is 2.14. The van der Waals surface area contributed by atoms with Gasteiger partial charge >= 0.3 is 5.97 Å². The Morgan fingerprint density at radius 3 is 3.00 bits per heavy atom. The standard InChI is InChI=1S/C12H13NO3S/c1-8(2)11-13-10(7-17-11)12(14)16-6-9-4-3-5-15-9/h3-5,7-8H,6H2,1-2H3. The zero-order chi connectivity index (χ0) is 12.3. The Morgan fingerprint density at radius 1 is 1.59 bits per heavy atom. The molecule has 0 unspecified atom stereocenters. The predicted octanol–water partition coefficient (Wildman–Crippen LogP) is 3.22. The van der Waals surface area contributed by atoms with Crippen molar-refractivity contribution in [2.24, 2.45) is 0 Å². The minimum Gasteiger partial charge on any atom is -0.466 e. The van der Waals surface area contributed by atoms with E-state index in [-0.39, 0.29) is 6.61 Å². The van der Waals surface area contributed by atoms with E-state index in [4.69, 9.17) is 9.15 Å². The highest BCUT2D eigenvalue weighted by atomic mass is 32.1. The monoisotopic (exact) mass is 251 g/mol. The zero-order valence-corrected chi connectivity index (χ0v) is 10.5. The van der Waals surface area contributed by atoms with Crippen molar-refractivity contribution in [2.45, 2.75) is 26.4 Å². The lowest BCUT2D eigenvalue weighted by atomic mass is 10.2. The molecule has 0 aliphatic heterocycles. The van der Waals surface area contributed by atoms with Gasteiger partial charge in [-0.3, -0.25) is 0 Å². The number of nitrogens with zero attached hydrogens (tertiary/aromatic N) is 1. The molecule has 0 aliphatic rings. The Hall–Kier alpha value is -1.62. The number of esters is 1. The number of hydrogen-bond donors (Lipinski definition) is 0. The van der Waals surface area contributed by atoms with Gasteiger partial charge in [-0.15, -0.1) is 11.3 Å². The second-order valence-corrected chi connectivity index (χ2v) is 4.77. The largest absolute Gasteiger partial charge is 0.466 e. The average molecular weight is 251 g/mol. The van der Waals surface area contributed by atoms with Gasteiger partial charge < -0.3 is 9.15 Å². The van der Waals surface area contributed by atoms with Crippen LogP contribution in [0.3, 0.4) is 0 Å². The number of furan rings is 1. The first-order valence-corrected chi connectivity index (χ1v) is 6.19. The second-order valence-electron chi connectivity index (χ2n) is 3.88. The van der Waals surface area contributed by atoms with Crippen LogP contribution in [0.4, 0.5) is 0 Å². The normalized spacial score (nSPS) is 10.8. The summed E-state index contributed by atoms with van der Waals surface area (Å²) in [6, 6.07) is 3.51. The third-order valence-electron chi connectivity index (χ3n) is 2.15. The van der Waals surface area contributed by atoms with Gasteiger partial charge in [-0.25, -0.2) is 9.78 Å². The van der Waals surface area contributed by atoms with E-state index in [2.05, 4.69) is 4.98 Å². The summed E-state index contributed by atoms with van der Waals surface area (Å²) < 4.78 is 10.1. The van der Waals surface area contributed by atoms with Gasteiger partial charge in [0, 0.05) is 11.3 Å². The van der Waals surface area contributed by atoms with Crippen molar-refractivity contribution < 1.29 is 13.9 Å². The van der Waals surface area contributed by atoms with Crippen molar-refractivity contribution in [3.8, 4) is 0 Å². The summed E-state index contributed by atoms with van der Waals surface area (Å²) in [6.07, 6.45) is 1.54. The Kier molecular flexibility index (Phi) is 3.58. The molecule has 4 nitrogen and oxygen atoms in total. The first-order valence-electron chi connectivity index (χ1n) is 5.31. The number of hydrogen-bond acceptors (Lipinski definition) is 5. The van der Waals surface area contributed by atoms with Crippen LogP contribution in [0, 0.1) is 0 Å². The molecule has 0 fully saturated rings. The zero-order valence-electron chi connectivity index (χ0n) is 9.67. The van der Waals surface area contributed by atoms with Crippen LogP contribution in [-0.4, -0.2) is 11.0 Å². The van der Waals surface area contributed by atoms with Crippen LogP contribution >= 0.6 is 11.3 Å². The summed E-state index contributed by atoms with van der Waals surface area (Å²) in [6.45, 7) is 4.22. The van der Waals surface area contributed by atoms with Crippen LogP contribution in [0.5, 0.6) is 0 Å². The molecule has 0 aromatic carbocycles. The lowest BCUT2D eigenvalue weighted by Gasteiger charge is -2.00. The molecule has 2 heterocycles. The predicted molar refractivity (Wildman–Crippen MR) is 64.0 cm³/mol. The molecule has 2 aromatic rings. The van der Waals surface area contributed by atoms with Crippen LogP contribution in [0.2, 0.25) is 0 Å². The number of carbonyl (C=O) groups excluding carboxylic acids is 1. The van der Waals surface area contributed by atoms with Crippen LogP contribution in [0.15, 0.2) is 28.2 Å². The first kappa shape index (κ1) is 11.9. The molecule has 0 aliphatic carbocycles. The maximum Gasteiger partial charge on any atom is 0.358 e. The topological polar surface area (TPSA) is 52.3 Å². The molecule has 0 radical (unpaired) electrons. The summed E-state index contributed by atoms with van der Waals surface area (Å²) in [7, 11) is 0. The summed E-state index contributed by atoms with van der Waals surface area (Å²) >= 11 is 1.47. The lowest BCUT2D eigenvalue weighted by Crippen LogP contribution is -2.05. The summed E-state index contributed by atoms with van der Waals surface area (Å²) in [5.74, 6) is 0.536. The average Bonchev–Trinajstić information content (AvgIpc) is 2.96. The van der Waals surface area contributed by atoms with Gasteiger partial charge in [-0.1, -0.05) is 13.8 Å². The fourth-order valence-electron chi connectivity index (χ4n) is 1.25. The molecule has 0 amide bonds. The van der Waals surface area contributed by atoms with E-state index in [0.717, 1.165) is 5.01 Å². The van der Waals surface area contributed by atoms with E-state index < -0.39 is 5.97 Å². The van der Waals surface area contributed by atoms with Crippen LogP contribution in [-0.2, 0) is 11.3 Å². The molecule has 2 rings (SSSR count). The quantitative estimate of drug-likeness (QED) is 0.783. The molecule has 2 aromatic heterocycles. The van der Waals surface area contributed by atoms with Crippen molar-refractivity contribution in [1.82, 2.24) is 4.98 Å². The maximum atomic E-state index is 11.7. The number of aromatic nitrogens is 1. The summed E-state index contributed by atoms with van der Waals surface area (Å²) in [4.78, 5) is 15.9.